The molecule has 0 saturated heterocycles. The fraction of sp³-hybridized carbons (Fsp3) is 0.136. The van der Waals surface area contributed by atoms with Crippen LogP contribution in [0.1, 0.15) is 35.6 Å². The van der Waals surface area contributed by atoms with Gasteiger partial charge in [-0.05, 0) is 12.1 Å². The first-order valence-corrected chi connectivity index (χ1v) is 10.2. The fourth-order valence-electron chi connectivity index (χ4n) is 3.34. The molecule has 3 aromatic rings. The van der Waals surface area contributed by atoms with Crippen molar-refractivity contribution in [1.82, 2.24) is 15.0 Å². The third-order valence-electron chi connectivity index (χ3n) is 5.11. The Labute approximate surface area is 205 Å². The standard InChI is InChI=1S/C22H17F5N10/c1-10(16(37-31)8-32-15-3-2-12(23)4-14(15)24)18-13(5-28)17(19(36-18)20(30)35-9-29)11-6-33-21(34-7-11)22(25,26)27/h2-4,6-10,31-32,36H,1H3,(H3,29,30,35)/b16-8-,37-31?. The highest BCUT2D eigenvalue weighted by atomic mass is 19.4. The van der Waals surface area contributed by atoms with E-state index in [2.05, 4.69) is 30.4 Å². The number of aromatic nitrogens is 3. The van der Waals surface area contributed by atoms with Gasteiger partial charge >= 0.3 is 6.18 Å². The molecular formula is C22H17F5N10. The highest BCUT2D eigenvalue weighted by molar-refractivity contribution is 6.06. The van der Waals surface area contributed by atoms with E-state index in [1.54, 1.807) is 6.92 Å². The van der Waals surface area contributed by atoms with Gasteiger partial charge in [0, 0.05) is 47.4 Å². The van der Waals surface area contributed by atoms with Crippen LogP contribution in [-0.2, 0) is 6.18 Å². The topological polar surface area (TPSA) is 176 Å². The number of nitrogens with two attached hydrogens (primary N) is 1. The zero-order valence-electron chi connectivity index (χ0n) is 18.8. The van der Waals surface area contributed by atoms with Gasteiger partial charge in [-0.25, -0.2) is 29.3 Å². The molecule has 0 saturated carbocycles. The minimum absolute atomic E-state index is 0.00256. The lowest BCUT2D eigenvalue weighted by molar-refractivity contribution is -0.144. The van der Waals surface area contributed by atoms with Crippen molar-refractivity contribution in [3.63, 3.8) is 0 Å². The van der Waals surface area contributed by atoms with Gasteiger partial charge in [0.15, 0.2) is 0 Å². The smallest absolute Gasteiger partial charge is 0.382 e. The first-order chi connectivity index (χ1) is 17.5. The van der Waals surface area contributed by atoms with Gasteiger partial charge in [-0.1, -0.05) is 6.92 Å². The number of nitriles is 1. The molecule has 10 nitrogen and oxygen atoms in total. The zero-order valence-corrected chi connectivity index (χ0v) is 18.8. The number of anilines is 1. The molecule has 15 heteroatoms. The Kier molecular flexibility index (Phi) is 7.71. The number of allylic oxidation sites excluding steroid dienone is 1. The number of nitrogens with one attached hydrogen (secondary N) is 4. The van der Waals surface area contributed by atoms with Crippen LogP contribution >= 0.6 is 0 Å². The quantitative estimate of drug-likeness (QED) is 0.122. The molecule has 37 heavy (non-hydrogen) atoms. The summed E-state index contributed by atoms with van der Waals surface area (Å²) in [5.41, 5.74) is 13.4. The Morgan fingerprint density at radius 3 is 2.49 bits per heavy atom. The average molecular weight is 516 g/mol. The summed E-state index contributed by atoms with van der Waals surface area (Å²) >= 11 is 0. The third-order valence-corrected chi connectivity index (χ3v) is 5.11. The summed E-state index contributed by atoms with van der Waals surface area (Å²) in [5, 5.41) is 23.1. The van der Waals surface area contributed by atoms with Crippen LogP contribution in [0.15, 0.2) is 52.6 Å². The number of nitrogens with zero attached hydrogens (tertiary/aromatic N) is 5. The van der Waals surface area contributed by atoms with Crippen molar-refractivity contribution in [3.8, 4) is 17.2 Å². The summed E-state index contributed by atoms with van der Waals surface area (Å²) in [6.07, 6.45) is -1.26. The second-order valence-corrected chi connectivity index (χ2v) is 7.38. The maximum atomic E-state index is 14.0. The van der Waals surface area contributed by atoms with Gasteiger partial charge < -0.3 is 16.0 Å². The van der Waals surface area contributed by atoms with Crippen molar-refractivity contribution in [2.75, 3.05) is 5.32 Å². The number of halogens is 5. The molecule has 1 unspecified atom stereocenters. The highest BCUT2D eigenvalue weighted by Gasteiger charge is 2.35. The second-order valence-electron chi connectivity index (χ2n) is 7.38. The van der Waals surface area contributed by atoms with E-state index in [-0.39, 0.29) is 45.3 Å². The molecule has 3 rings (SSSR count). The number of aliphatic imine (C=N–C) groups is 1. The van der Waals surface area contributed by atoms with E-state index < -0.39 is 29.6 Å². The van der Waals surface area contributed by atoms with Crippen molar-refractivity contribution in [2.24, 2.45) is 15.8 Å². The van der Waals surface area contributed by atoms with Crippen molar-refractivity contribution in [1.29, 1.82) is 16.2 Å². The van der Waals surface area contributed by atoms with Crippen LogP contribution in [0.4, 0.5) is 27.6 Å². The Bertz CT molecular complexity index is 1430. The number of benzene rings is 1. The van der Waals surface area contributed by atoms with Crippen molar-refractivity contribution >= 4 is 17.9 Å². The minimum atomic E-state index is -4.79. The van der Waals surface area contributed by atoms with Crippen LogP contribution in [0.3, 0.4) is 0 Å². The number of alkyl halides is 3. The summed E-state index contributed by atoms with van der Waals surface area (Å²) in [7, 11) is 0. The largest absolute Gasteiger partial charge is 0.451 e. The molecule has 0 radical (unpaired) electrons. The monoisotopic (exact) mass is 516 g/mol. The lowest BCUT2D eigenvalue weighted by atomic mass is 9.96. The highest BCUT2D eigenvalue weighted by Crippen LogP contribution is 2.36. The van der Waals surface area contributed by atoms with Crippen LogP contribution < -0.4 is 11.1 Å². The van der Waals surface area contributed by atoms with E-state index in [9.17, 15) is 27.2 Å². The predicted molar refractivity (Wildman–Crippen MR) is 123 cm³/mol. The number of hydrogen-bond donors (Lipinski definition) is 5. The van der Waals surface area contributed by atoms with E-state index in [1.807, 2.05) is 6.07 Å². The van der Waals surface area contributed by atoms with Gasteiger partial charge in [0.25, 0.3) is 0 Å². The third kappa shape index (κ3) is 5.64. The van der Waals surface area contributed by atoms with Gasteiger partial charge in [-0.2, -0.15) is 23.5 Å². The van der Waals surface area contributed by atoms with Crippen LogP contribution in [0.25, 0.3) is 11.1 Å². The molecule has 190 valence electrons. The van der Waals surface area contributed by atoms with Crippen molar-refractivity contribution < 1.29 is 22.0 Å². The summed E-state index contributed by atoms with van der Waals surface area (Å²) in [6.45, 7) is 1.54. The number of rotatable bonds is 8. The van der Waals surface area contributed by atoms with Crippen LogP contribution in [0.5, 0.6) is 0 Å². The first-order valence-electron chi connectivity index (χ1n) is 10.2. The van der Waals surface area contributed by atoms with Gasteiger partial charge in [-0.15, -0.1) is 0 Å². The van der Waals surface area contributed by atoms with Crippen LogP contribution in [0.2, 0.25) is 0 Å². The molecule has 0 fully saturated rings. The molecule has 1 aromatic carbocycles. The molecule has 0 aliphatic carbocycles. The van der Waals surface area contributed by atoms with Crippen molar-refractivity contribution in [2.45, 2.75) is 19.0 Å². The van der Waals surface area contributed by atoms with Gasteiger partial charge in [0.2, 0.25) is 5.82 Å². The maximum absolute atomic E-state index is 14.0. The Balaban J connectivity index is 2.13. The number of H-pyrrole nitrogens is 1. The second kappa shape index (κ2) is 10.7. The molecule has 0 spiro atoms. The number of aromatic amines is 1. The van der Waals surface area contributed by atoms with Crippen molar-refractivity contribution in [3.05, 3.63) is 76.9 Å². The fourth-order valence-corrected chi connectivity index (χ4v) is 3.34. The summed E-state index contributed by atoms with van der Waals surface area (Å²) < 4.78 is 65.9. The van der Waals surface area contributed by atoms with Crippen LogP contribution in [0, 0.1) is 33.9 Å². The Hall–Kier alpha value is -5.00. The SMILES string of the molecule is CC(/C(=C/Nc1ccc(F)cc1F)N=N)c1[nH]c(/C(N)=N\C=N)c(-c2cnc(C(F)(F)F)nc2)c1C#N. The zero-order chi connectivity index (χ0) is 27.3. The molecule has 2 heterocycles. The number of hydrogen-bond acceptors (Lipinski definition) is 7. The predicted octanol–water partition coefficient (Wildman–Crippen LogP) is 5.04. The summed E-state index contributed by atoms with van der Waals surface area (Å²) in [5.74, 6) is -4.18. The van der Waals surface area contributed by atoms with E-state index in [1.165, 1.54) is 6.20 Å². The molecule has 1 atom stereocenters. The van der Waals surface area contributed by atoms with Gasteiger partial charge in [0.1, 0.15) is 29.9 Å². The Morgan fingerprint density at radius 1 is 1.27 bits per heavy atom. The first kappa shape index (κ1) is 26.6. The average Bonchev–Trinajstić information content (AvgIpc) is 3.25. The lowest BCUT2D eigenvalue weighted by Crippen LogP contribution is -2.16. The van der Waals surface area contributed by atoms with E-state index in [0.29, 0.717) is 12.4 Å². The molecular weight excluding hydrogens is 499 g/mol. The van der Waals surface area contributed by atoms with E-state index in [4.69, 9.17) is 16.7 Å². The molecule has 0 aliphatic rings. The molecule has 2 aromatic heterocycles. The molecule has 0 amide bonds. The van der Waals surface area contributed by atoms with Gasteiger partial charge in [-0.3, -0.25) is 5.41 Å². The van der Waals surface area contributed by atoms with Gasteiger partial charge in [0.05, 0.1) is 22.6 Å². The molecule has 0 bridgehead atoms. The minimum Gasteiger partial charge on any atom is -0.382 e. The van der Waals surface area contributed by atoms with E-state index in [0.717, 1.165) is 24.5 Å². The lowest BCUT2D eigenvalue weighted by Gasteiger charge is -2.12. The maximum Gasteiger partial charge on any atom is 0.451 e. The molecule has 0 aliphatic heterocycles. The summed E-state index contributed by atoms with van der Waals surface area (Å²) in [6, 6.07) is 4.76. The summed E-state index contributed by atoms with van der Waals surface area (Å²) in [4.78, 5) is 13.2. The van der Waals surface area contributed by atoms with Crippen LogP contribution in [-0.4, -0.2) is 27.1 Å². The normalized spacial score (nSPS) is 13.1. The Morgan fingerprint density at radius 2 is 1.95 bits per heavy atom. The molecule has 6 N–H and O–H groups in total. The van der Waals surface area contributed by atoms with E-state index >= 15 is 0 Å². The number of amidine groups is 1.